The molecule has 1 aliphatic heterocycles. The SMILES string of the molecule is COC(=O)C1COCCN1Cc1ccccc1CN. The Balaban J connectivity index is 2.13. The number of hydrogen-bond acceptors (Lipinski definition) is 5. The summed E-state index contributed by atoms with van der Waals surface area (Å²) in [7, 11) is 1.41. The normalized spacial score (nSPS) is 20.2. The standard InChI is InChI=1S/C14H20N2O3/c1-18-14(17)13-10-19-7-6-16(13)9-12-5-3-2-4-11(12)8-15/h2-5,13H,6-10,15H2,1H3. The molecular formula is C14H20N2O3. The molecule has 1 aliphatic rings. The fourth-order valence-electron chi connectivity index (χ4n) is 2.31. The summed E-state index contributed by atoms with van der Waals surface area (Å²) < 4.78 is 10.2. The van der Waals surface area contributed by atoms with Gasteiger partial charge in [-0.25, -0.2) is 0 Å². The van der Waals surface area contributed by atoms with E-state index in [0.717, 1.165) is 17.7 Å². The number of ether oxygens (including phenoxy) is 2. The molecule has 1 heterocycles. The number of methoxy groups -OCH3 is 1. The monoisotopic (exact) mass is 264 g/mol. The number of nitrogens with zero attached hydrogens (tertiary/aromatic N) is 1. The van der Waals surface area contributed by atoms with E-state index in [9.17, 15) is 4.79 Å². The van der Waals surface area contributed by atoms with Crippen molar-refractivity contribution in [2.45, 2.75) is 19.1 Å². The number of nitrogens with two attached hydrogens (primary N) is 1. The van der Waals surface area contributed by atoms with Crippen LogP contribution in [-0.2, 0) is 27.4 Å². The number of carbonyl (C=O) groups excluding carboxylic acids is 1. The van der Waals surface area contributed by atoms with Crippen molar-refractivity contribution in [2.24, 2.45) is 5.73 Å². The fourth-order valence-corrected chi connectivity index (χ4v) is 2.31. The fraction of sp³-hybridized carbons (Fsp3) is 0.500. The second-order valence-electron chi connectivity index (χ2n) is 4.56. The van der Waals surface area contributed by atoms with Gasteiger partial charge in [-0.1, -0.05) is 24.3 Å². The molecule has 19 heavy (non-hydrogen) atoms. The zero-order valence-corrected chi connectivity index (χ0v) is 11.2. The number of carbonyl (C=O) groups is 1. The van der Waals surface area contributed by atoms with Gasteiger partial charge < -0.3 is 15.2 Å². The quantitative estimate of drug-likeness (QED) is 0.803. The van der Waals surface area contributed by atoms with Gasteiger partial charge in [0.1, 0.15) is 6.04 Å². The molecule has 5 nitrogen and oxygen atoms in total. The summed E-state index contributed by atoms with van der Waals surface area (Å²) >= 11 is 0. The molecule has 0 saturated carbocycles. The van der Waals surface area contributed by atoms with Gasteiger partial charge in [-0.2, -0.15) is 0 Å². The summed E-state index contributed by atoms with van der Waals surface area (Å²) in [6, 6.07) is 7.70. The second-order valence-corrected chi connectivity index (χ2v) is 4.56. The molecule has 0 aliphatic carbocycles. The third kappa shape index (κ3) is 3.32. The van der Waals surface area contributed by atoms with Crippen molar-refractivity contribution >= 4 is 5.97 Å². The second kappa shape index (κ2) is 6.65. The van der Waals surface area contributed by atoms with Gasteiger partial charge in [0.2, 0.25) is 0 Å². The molecule has 1 unspecified atom stereocenters. The molecule has 5 heteroatoms. The highest BCUT2D eigenvalue weighted by atomic mass is 16.5. The van der Waals surface area contributed by atoms with E-state index >= 15 is 0 Å². The number of morpholine rings is 1. The summed E-state index contributed by atoms with van der Waals surface area (Å²) in [6.07, 6.45) is 0. The van der Waals surface area contributed by atoms with Crippen LogP contribution < -0.4 is 5.73 Å². The highest BCUT2D eigenvalue weighted by Crippen LogP contribution is 2.16. The summed E-state index contributed by atoms with van der Waals surface area (Å²) in [6.45, 7) is 2.94. The average molecular weight is 264 g/mol. The van der Waals surface area contributed by atoms with Crippen molar-refractivity contribution in [1.29, 1.82) is 0 Å². The largest absolute Gasteiger partial charge is 0.468 e. The van der Waals surface area contributed by atoms with Crippen molar-refractivity contribution in [1.82, 2.24) is 4.90 Å². The smallest absolute Gasteiger partial charge is 0.325 e. The molecule has 1 fully saturated rings. The Kier molecular flexibility index (Phi) is 4.90. The number of benzene rings is 1. The van der Waals surface area contributed by atoms with E-state index in [2.05, 4.69) is 4.90 Å². The van der Waals surface area contributed by atoms with Gasteiger partial charge in [0.15, 0.2) is 0 Å². The van der Waals surface area contributed by atoms with E-state index in [1.165, 1.54) is 7.11 Å². The molecule has 1 aromatic carbocycles. The lowest BCUT2D eigenvalue weighted by molar-refractivity contribution is -0.153. The van der Waals surface area contributed by atoms with E-state index in [0.29, 0.717) is 26.3 Å². The lowest BCUT2D eigenvalue weighted by Crippen LogP contribution is -2.49. The molecule has 0 amide bonds. The molecule has 2 N–H and O–H groups in total. The summed E-state index contributed by atoms with van der Waals surface area (Å²) in [5.41, 5.74) is 8.00. The minimum absolute atomic E-state index is 0.245. The predicted molar refractivity (Wildman–Crippen MR) is 71.4 cm³/mol. The minimum Gasteiger partial charge on any atom is -0.468 e. The Bertz CT molecular complexity index is 436. The molecule has 1 saturated heterocycles. The highest BCUT2D eigenvalue weighted by molar-refractivity contribution is 5.75. The van der Waals surface area contributed by atoms with Crippen molar-refractivity contribution < 1.29 is 14.3 Å². The molecule has 104 valence electrons. The molecule has 1 atom stereocenters. The predicted octanol–water partition coefficient (Wildman–Crippen LogP) is 0.519. The molecule has 0 spiro atoms. The maximum absolute atomic E-state index is 11.8. The summed E-state index contributed by atoms with van der Waals surface area (Å²) in [4.78, 5) is 13.8. The molecule has 1 aromatic rings. The summed E-state index contributed by atoms with van der Waals surface area (Å²) in [5.74, 6) is -0.245. The third-order valence-corrected chi connectivity index (χ3v) is 3.42. The Morgan fingerprint density at radius 3 is 2.89 bits per heavy atom. The van der Waals surface area contributed by atoms with Gasteiger partial charge in [0.05, 0.1) is 20.3 Å². The van der Waals surface area contributed by atoms with E-state index < -0.39 is 0 Å². The zero-order valence-electron chi connectivity index (χ0n) is 11.2. The van der Waals surface area contributed by atoms with Crippen molar-refractivity contribution in [2.75, 3.05) is 26.9 Å². The molecule has 0 aromatic heterocycles. The van der Waals surface area contributed by atoms with Gasteiger partial charge >= 0.3 is 5.97 Å². The van der Waals surface area contributed by atoms with E-state index in [4.69, 9.17) is 15.2 Å². The number of esters is 1. The van der Waals surface area contributed by atoms with E-state index in [1.54, 1.807) is 0 Å². The molecular weight excluding hydrogens is 244 g/mol. The van der Waals surface area contributed by atoms with Gasteiger partial charge in [0.25, 0.3) is 0 Å². The maximum atomic E-state index is 11.8. The Labute approximate surface area is 113 Å². The number of rotatable bonds is 4. The molecule has 0 radical (unpaired) electrons. The van der Waals surface area contributed by atoms with Crippen LogP contribution in [0.15, 0.2) is 24.3 Å². The van der Waals surface area contributed by atoms with E-state index in [1.807, 2.05) is 24.3 Å². The van der Waals surface area contributed by atoms with Crippen molar-refractivity contribution in [3.63, 3.8) is 0 Å². The minimum atomic E-state index is -0.329. The third-order valence-electron chi connectivity index (χ3n) is 3.42. The van der Waals surface area contributed by atoms with Gasteiger partial charge in [-0.3, -0.25) is 9.69 Å². The van der Waals surface area contributed by atoms with Crippen molar-refractivity contribution in [3.05, 3.63) is 35.4 Å². The lowest BCUT2D eigenvalue weighted by atomic mass is 10.1. The van der Waals surface area contributed by atoms with Gasteiger partial charge in [-0.15, -0.1) is 0 Å². The topological polar surface area (TPSA) is 64.8 Å². The first kappa shape index (κ1) is 14.0. The number of hydrogen-bond donors (Lipinski definition) is 1. The molecule has 0 bridgehead atoms. The first-order chi connectivity index (χ1) is 9.26. The highest BCUT2D eigenvalue weighted by Gasteiger charge is 2.30. The Morgan fingerprint density at radius 1 is 1.47 bits per heavy atom. The van der Waals surface area contributed by atoms with Crippen LogP contribution in [-0.4, -0.2) is 43.8 Å². The average Bonchev–Trinajstić information content (AvgIpc) is 2.47. The summed E-state index contributed by atoms with van der Waals surface area (Å²) in [5, 5.41) is 0. The van der Waals surface area contributed by atoms with Crippen LogP contribution in [0.2, 0.25) is 0 Å². The first-order valence-corrected chi connectivity index (χ1v) is 6.42. The van der Waals surface area contributed by atoms with Crippen LogP contribution in [0.4, 0.5) is 0 Å². The van der Waals surface area contributed by atoms with Gasteiger partial charge in [0, 0.05) is 19.6 Å². The van der Waals surface area contributed by atoms with Crippen LogP contribution in [0, 0.1) is 0 Å². The van der Waals surface area contributed by atoms with Crippen LogP contribution in [0.25, 0.3) is 0 Å². The first-order valence-electron chi connectivity index (χ1n) is 6.42. The van der Waals surface area contributed by atoms with E-state index in [-0.39, 0.29) is 12.0 Å². The van der Waals surface area contributed by atoms with Crippen LogP contribution in [0.3, 0.4) is 0 Å². The zero-order chi connectivity index (χ0) is 13.7. The van der Waals surface area contributed by atoms with Crippen LogP contribution in [0.5, 0.6) is 0 Å². The Hall–Kier alpha value is -1.43. The Morgan fingerprint density at radius 2 is 2.21 bits per heavy atom. The molecule has 2 rings (SSSR count). The van der Waals surface area contributed by atoms with Gasteiger partial charge in [-0.05, 0) is 11.1 Å². The maximum Gasteiger partial charge on any atom is 0.325 e. The lowest BCUT2D eigenvalue weighted by Gasteiger charge is -2.34. The van der Waals surface area contributed by atoms with Crippen LogP contribution in [0.1, 0.15) is 11.1 Å². The van der Waals surface area contributed by atoms with Crippen LogP contribution >= 0.6 is 0 Å². The van der Waals surface area contributed by atoms with Crippen molar-refractivity contribution in [3.8, 4) is 0 Å².